The molecular weight excluding hydrogens is 240 g/mol. The van der Waals surface area contributed by atoms with Gasteiger partial charge in [0.2, 0.25) is 0 Å². The summed E-state index contributed by atoms with van der Waals surface area (Å²) in [4.78, 5) is 15.4. The molecule has 1 fully saturated rings. The number of hydrogen-bond donors (Lipinski definition) is 1. The van der Waals surface area contributed by atoms with Crippen LogP contribution in [-0.4, -0.2) is 20.6 Å². The van der Waals surface area contributed by atoms with Gasteiger partial charge in [-0.2, -0.15) is 0 Å². The molecule has 2 aromatic rings. The van der Waals surface area contributed by atoms with Gasteiger partial charge in [0.25, 0.3) is 0 Å². The van der Waals surface area contributed by atoms with E-state index in [-0.39, 0.29) is 12.4 Å². The fourth-order valence-corrected chi connectivity index (χ4v) is 2.01. The topological polar surface area (TPSA) is 55.1 Å². The number of carbonyl (C=O) groups is 1. The first kappa shape index (κ1) is 11.9. The summed E-state index contributed by atoms with van der Waals surface area (Å²) in [5.74, 6) is -0.174. The van der Waals surface area contributed by atoms with E-state index in [0.717, 1.165) is 17.6 Å². The minimum absolute atomic E-state index is 0. The minimum atomic E-state index is -0.882. The van der Waals surface area contributed by atoms with Crippen molar-refractivity contribution in [3.63, 3.8) is 0 Å². The van der Waals surface area contributed by atoms with Gasteiger partial charge < -0.3 is 9.67 Å². The fraction of sp³-hybridized carbons (Fsp3) is 0.333. The number of carboxylic acid groups (broad SMARTS) is 1. The van der Waals surface area contributed by atoms with E-state index in [1.807, 2.05) is 10.6 Å². The highest BCUT2D eigenvalue weighted by Gasteiger charge is 2.24. The van der Waals surface area contributed by atoms with Crippen LogP contribution in [0.2, 0.25) is 0 Å². The molecule has 0 saturated heterocycles. The van der Waals surface area contributed by atoms with Crippen LogP contribution >= 0.6 is 12.4 Å². The molecule has 1 saturated carbocycles. The van der Waals surface area contributed by atoms with Gasteiger partial charge >= 0.3 is 5.97 Å². The second-order valence-electron chi connectivity index (χ2n) is 4.32. The molecule has 3 rings (SSSR count). The molecule has 90 valence electrons. The number of pyridine rings is 1. The Balaban J connectivity index is 0.00000108. The Hall–Kier alpha value is -1.55. The quantitative estimate of drug-likeness (QED) is 0.913. The predicted octanol–water partition coefficient (Wildman–Crippen LogP) is 2.57. The van der Waals surface area contributed by atoms with Crippen LogP contribution in [0.25, 0.3) is 11.0 Å². The molecule has 1 aliphatic rings. The van der Waals surface area contributed by atoms with Crippen molar-refractivity contribution in [3.8, 4) is 0 Å². The Morgan fingerprint density at radius 2 is 2.29 bits per heavy atom. The van der Waals surface area contributed by atoms with Gasteiger partial charge in [0, 0.05) is 24.3 Å². The van der Waals surface area contributed by atoms with Crippen LogP contribution in [0.5, 0.6) is 0 Å². The average molecular weight is 253 g/mol. The monoisotopic (exact) mass is 252 g/mol. The lowest BCUT2D eigenvalue weighted by molar-refractivity contribution is 0.0698. The molecule has 0 bridgehead atoms. The van der Waals surface area contributed by atoms with Gasteiger partial charge in [-0.05, 0) is 30.9 Å². The number of nitrogens with zero attached hydrogens (tertiary/aromatic N) is 2. The molecule has 0 radical (unpaired) electrons. The summed E-state index contributed by atoms with van der Waals surface area (Å²) in [5, 5.41) is 9.84. The molecule has 0 aromatic carbocycles. The second kappa shape index (κ2) is 4.37. The Morgan fingerprint density at radius 1 is 1.53 bits per heavy atom. The summed E-state index contributed by atoms with van der Waals surface area (Å²) < 4.78 is 1.97. The van der Waals surface area contributed by atoms with Crippen molar-refractivity contribution in [3.05, 3.63) is 30.1 Å². The molecule has 4 nitrogen and oxygen atoms in total. The van der Waals surface area contributed by atoms with Crippen LogP contribution in [0.1, 0.15) is 23.2 Å². The van der Waals surface area contributed by atoms with E-state index in [9.17, 15) is 4.79 Å². The summed E-state index contributed by atoms with van der Waals surface area (Å²) in [6.45, 7) is 0.890. The number of aromatic carboxylic acids is 1. The lowest BCUT2D eigenvalue weighted by Gasteiger charge is -2.01. The van der Waals surface area contributed by atoms with E-state index in [4.69, 9.17) is 5.11 Å². The second-order valence-corrected chi connectivity index (χ2v) is 4.32. The van der Waals surface area contributed by atoms with Crippen molar-refractivity contribution < 1.29 is 9.90 Å². The minimum Gasteiger partial charge on any atom is -0.478 e. The summed E-state index contributed by atoms with van der Waals surface area (Å²) in [6.07, 6.45) is 5.90. The Bertz CT molecular complexity index is 561. The van der Waals surface area contributed by atoms with Crippen molar-refractivity contribution in [1.82, 2.24) is 9.55 Å². The van der Waals surface area contributed by atoms with Crippen LogP contribution in [0, 0.1) is 5.92 Å². The first-order valence-electron chi connectivity index (χ1n) is 5.43. The third-order valence-electron chi connectivity index (χ3n) is 3.02. The van der Waals surface area contributed by atoms with E-state index >= 15 is 0 Å². The van der Waals surface area contributed by atoms with E-state index in [0.29, 0.717) is 11.5 Å². The van der Waals surface area contributed by atoms with Gasteiger partial charge in [0.15, 0.2) is 0 Å². The van der Waals surface area contributed by atoms with E-state index < -0.39 is 5.97 Å². The Morgan fingerprint density at radius 3 is 2.94 bits per heavy atom. The molecule has 0 amide bonds. The first-order valence-corrected chi connectivity index (χ1v) is 5.43. The molecule has 2 heterocycles. The lowest BCUT2D eigenvalue weighted by Crippen LogP contribution is -1.99. The van der Waals surface area contributed by atoms with Crippen molar-refractivity contribution in [1.29, 1.82) is 0 Å². The lowest BCUT2D eigenvalue weighted by atomic mass is 10.2. The summed E-state index contributed by atoms with van der Waals surface area (Å²) in [5.41, 5.74) is 1.13. The van der Waals surface area contributed by atoms with E-state index in [1.54, 1.807) is 18.5 Å². The van der Waals surface area contributed by atoms with Gasteiger partial charge in [-0.25, -0.2) is 9.78 Å². The summed E-state index contributed by atoms with van der Waals surface area (Å²) in [7, 11) is 0. The normalized spacial score (nSPS) is 14.6. The Labute approximate surface area is 105 Å². The molecule has 2 aromatic heterocycles. The molecule has 0 aliphatic heterocycles. The van der Waals surface area contributed by atoms with Crippen molar-refractivity contribution in [2.75, 3.05) is 0 Å². The predicted molar refractivity (Wildman–Crippen MR) is 66.7 cm³/mol. The van der Waals surface area contributed by atoms with Gasteiger partial charge in [0.1, 0.15) is 5.65 Å². The first-order chi connectivity index (χ1) is 7.75. The van der Waals surface area contributed by atoms with Crippen molar-refractivity contribution in [2.24, 2.45) is 5.92 Å². The molecule has 1 aliphatic carbocycles. The van der Waals surface area contributed by atoms with Gasteiger partial charge in [-0.3, -0.25) is 0 Å². The summed E-state index contributed by atoms with van der Waals surface area (Å²) in [6, 6.07) is 3.59. The van der Waals surface area contributed by atoms with Crippen LogP contribution in [-0.2, 0) is 6.54 Å². The molecule has 0 unspecified atom stereocenters. The third-order valence-corrected chi connectivity index (χ3v) is 3.02. The zero-order valence-corrected chi connectivity index (χ0v) is 9.98. The van der Waals surface area contributed by atoms with Crippen LogP contribution in [0.15, 0.2) is 24.5 Å². The van der Waals surface area contributed by atoms with Gasteiger partial charge in [-0.1, -0.05) is 0 Å². The number of fused-ring (bicyclic) bond motifs is 1. The number of hydrogen-bond acceptors (Lipinski definition) is 2. The average Bonchev–Trinajstić information content (AvgIpc) is 3.00. The largest absolute Gasteiger partial charge is 0.478 e. The molecule has 0 atom stereocenters. The molecule has 17 heavy (non-hydrogen) atoms. The standard InChI is InChI=1S/C12H12N2O2.ClH/c15-12(16)10-7-14(6-8-3-4-8)11-9(10)2-1-5-13-11;/h1-2,5,7-8H,3-4,6H2,(H,15,16);1H. The molecule has 5 heteroatoms. The maximum absolute atomic E-state index is 11.1. The maximum Gasteiger partial charge on any atom is 0.337 e. The zero-order chi connectivity index (χ0) is 11.1. The SMILES string of the molecule is Cl.O=C(O)c1cn(CC2CC2)c2ncccc12. The van der Waals surface area contributed by atoms with E-state index in [2.05, 4.69) is 4.98 Å². The number of halogens is 1. The Kier molecular flexibility index (Phi) is 3.07. The van der Waals surface area contributed by atoms with Crippen LogP contribution in [0.4, 0.5) is 0 Å². The van der Waals surface area contributed by atoms with Gasteiger partial charge in [-0.15, -0.1) is 12.4 Å². The van der Waals surface area contributed by atoms with Gasteiger partial charge in [0.05, 0.1) is 5.56 Å². The molecular formula is C12H13ClN2O2. The zero-order valence-electron chi connectivity index (χ0n) is 9.17. The van der Waals surface area contributed by atoms with E-state index in [1.165, 1.54) is 12.8 Å². The smallest absolute Gasteiger partial charge is 0.337 e. The third kappa shape index (κ3) is 2.13. The highest BCUT2D eigenvalue weighted by Crippen LogP contribution is 2.32. The fourth-order valence-electron chi connectivity index (χ4n) is 2.01. The highest BCUT2D eigenvalue weighted by molar-refractivity contribution is 6.02. The maximum atomic E-state index is 11.1. The summed E-state index contributed by atoms with van der Waals surface area (Å²) >= 11 is 0. The van der Waals surface area contributed by atoms with Crippen molar-refractivity contribution >= 4 is 29.4 Å². The van der Waals surface area contributed by atoms with Crippen molar-refractivity contribution in [2.45, 2.75) is 19.4 Å². The number of carboxylic acids is 1. The van der Waals surface area contributed by atoms with Crippen LogP contribution < -0.4 is 0 Å². The molecule has 0 spiro atoms. The number of aromatic nitrogens is 2. The van der Waals surface area contributed by atoms with Crippen LogP contribution in [0.3, 0.4) is 0 Å². The highest BCUT2D eigenvalue weighted by atomic mass is 35.5. The number of rotatable bonds is 3. The molecule has 1 N–H and O–H groups in total.